The molecule has 8 aromatic carbocycles. The molecule has 0 fully saturated rings. The first-order chi connectivity index (χ1) is 24.3. The van der Waals surface area contributed by atoms with Crippen molar-refractivity contribution in [2.75, 3.05) is 0 Å². The molecule has 0 amide bonds. The summed E-state index contributed by atoms with van der Waals surface area (Å²) in [4.78, 5) is 0. The van der Waals surface area contributed by atoms with Crippen LogP contribution >= 0.6 is 0 Å². The molecule has 0 atom stereocenters. The highest BCUT2D eigenvalue weighted by Gasteiger charge is 2.37. The van der Waals surface area contributed by atoms with Gasteiger partial charge >= 0.3 is 0 Å². The molecule has 0 heteroatoms. The van der Waals surface area contributed by atoms with E-state index < -0.39 is 0 Å². The first-order valence-corrected chi connectivity index (χ1v) is 17.9. The van der Waals surface area contributed by atoms with Crippen LogP contribution in [0.5, 0.6) is 0 Å². The fourth-order valence-corrected chi connectivity index (χ4v) is 9.24. The van der Waals surface area contributed by atoms with Crippen molar-refractivity contribution in [2.45, 2.75) is 38.5 Å². The Labute approximate surface area is 294 Å². The van der Waals surface area contributed by atoms with Crippen LogP contribution in [-0.2, 0) is 10.8 Å². The molecule has 2 aliphatic carbocycles. The highest BCUT2D eigenvalue weighted by atomic mass is 14.4. The third-order valence-electron chi connectivity index (χ3n) is 11.9. The molecule has 0 nitrogen and oxygen atoms in total. The molecule has 0 heterocycles. The second kappa shape index (κ2) is 10.4. The minimum Gasteiger partial charge on any atom is -0.0622 e. The second-order valence-corrected chi connectivity index (χ2v) is 15.3. The van der Waals surface area contributed by atoms with E-state index in [1.54, 1.807) is 0 Å². The number of fused-ring (bicyclic) bond motifs is 8. The van der Waals surface area contributed by atoms with Crippen LogP contribution in [0, 0.1) is 0 Å². The number of benzene rings is 8. The summed E-state index contributed by atoms with van der Waals surface area (Å²) in [5, 5.41) is 5.10. The Morgan fingerprint density at radius 2 is 0.780 bits per heavy atom. The maximum Gasteiger partial charge on any atom is 0.0159 e. The molecule has 0 spiro atoms. The third-order valence-corrected chi connectivity index (χ3v) is 11.9. The largest absolute Gasteiger partial charge is 0.0622 e. The van der Waals surface area contributed by atoms with Gasteiger partial charge in [0, 0.05) is 10.8 Å². The maximum absolute atomic E-state index is 2.49. The molecule has 0 N–H and O–H groups in total. The summed E-state index contributed by atoms with van der Waals surface area (Å²) in [6, 6.07) is 59.4. The van der Waals surface area contributed by atoms with Crippen molar-refractivity contribution < 1.29 is 0 Å². The highest BCUT2D eigenvalue weighted by Crippen LogP contribution is 2.53. The van der Waals surface area contributed by atoms with Crippen LogP contribution in [0.1, 0.15) is 49.9 Å². The Bertz CT molecular complexity index is 2690. The molecule has 0 radical (unpaired) electrons. The molecule has 0 aromatic heterocycles. The Morgan fingerprint density at radius 3 is 1.40 bits per heavy atom. The van der Waals surface area contributed by atoms with Crippen molar-refractivity contribution in [2.24, 2.45) is 0 Å². The molecule has 0 saturated carbocycles. The van der Waals surface area contributed by atoms with Crippen LogP contribution < -0.4 is 0 Å². The fourth-order valence-electron chi connectivity index (χ4n) is 9.24. The zero-order chi connectivity index (χ0) is 33.8. The van der Waals surface area contributed by atoms with E-state index >= 15 is 0 Å². The lowest BCUT2D eigenvalue weighted by molar-refractivity contribution is 0.660. The van der Waals surface area contributed by atoms with E-state index in [1.165, 1.54) is 99.4 Å². The van der Waals surface area contributed by atoms with E-state index in [0.717, 1.165) is 0 Å². The summed E-state index contributed by atoms with van der Waals surface area (Å²) >= 11 is 0. The molecule has 0 saturated heterocycles. The second-order valence-electron chi connectivity index (χ2n) is 15.3. The minimum atomic E-state index is -0.0773. The lowest BCUT2D eigenvalue weighted by atomic mass is 9.79. The van der Waals surface area contributed by atoms with Gasteiger partial charge in [-0.1, -0.05) is 155 Å². The van der Waals surface area contributed by atoms with Crippen LogP contribution in [0.3, 0.4) is 0 Å². The molecule has 8 aromatic rings. The van der Waals surface area contributed by atoms with Crippen molar-refractivity contribution in [3.63, 3.8) is 0 Å². The summed E-state index contributed by atoms with van der Waals surface area (Å²) in [5.41, 5.74) is 18.5. The number of hydrogen-bond donors (Lipinski definition) is 0. The molecule has 10 rings (SSSR count). The summed E-state index contributed by atoms with van der Waals surface area (Å²) in [6.07, 6.45) is 0. The van der Waals surface area contributed by atoms with Gasteiger partial charge in [0.25, 0.3) is 0 Å². The van der Waals surface area contributed by atoms with Gasteiger partial charge in [-0.2, -0.15) is 0 Å². The van der Waals surface area contributed by atoms with Gasteiger partial charge in [0.2, 0.25) is 0 Å². The average Bonchev–Trinajstić information content (AvgIpc) is 3.52. The molecule has 0 aliphatic heterocycles. The van der Waals surface area contributed by atoms with Gasteiger partial charge in [0.05, 0.1) is 0 Å². The summed E-state index contributed by atoms with van der Waals surface area (Å²) < 4.78 is 0. The predicted molar refractivity (Wildman–Crippen MR) is 213 cm³/mol. The minimum absolute atomic E-state index is 0.0680. The maximum atomic E-state index is 2.49. The van der Waals surface area contributed by atoms with E-state index in [4.69, 9.17) is 0 Å². The Kier molecular flexibility index (Phi) is 6.07. The van der Waals surface area contributed by atoms with Crippen LogP contribution in [0.25, 0.3) is 77.2 Å². The van der Waals surface area contributed by atoms with Gasteiger partial charge in [-0.15, -0.1) is 0 Å². The number of hydrogen-bond acceptors (Lipinski definition) is 0. The summed E-state index contributed by atoms with van der Waals surface area (Å²) in [6.45, 7) is 9.50. The summed E-state index contributed by atoms with van der Waals surface area (Å²) in [7, 11) is 0. The molecule has 2 aliphatic rings. The van der Waals surface area contributed by atoms with E-state index in [1.807, 2.05) is 0 Å². The van der Waals surface area contributed by atoms with Gasteiger partial charge in [-0.3, -0.25) is 0 Å². The highest BCUT2D eigenvalue weighted by molar-refractivity contribution is 6.15. The Hall–Kier alpha value is -5.72. The smallest absolute Gasteiger partial charge is 0.0159 e. The molecular formula is C50H38. The van der Waals surface area contributed by atoms with E-state index in [9.17, 15) is 0 Å². The first-order valence-electron chi connectivity index (χ1n) is 17.9. The van der Waals surface area contributed by atoms with Crippen molar-refractivity contribution in [3.05, 3.63) is 180 Å². The van der Waals surface area contributed by atoms with Crippen LogP contribution in [0.15, 0.2) is 158 Å². The molecule has 0 bridgehead atoms. The van der Waals surface area contributed by atoms with E-state index in [-0.39, 0.29) is 10.8 Å². The van der Waals surface area contributed by atoms with Gasteiger partial charge in [-0.25, -0.2) is 0 Å². The van der Waals surface area contributed by atoms with Crippen molar-refractivity contribution in [1.82, 2.24) is 0 Å². The normalized spacial score (nSPS) is 14.7. The van der Waals surface area contributed by atoms with Crippen LogP contribution in [0.4, 0.5) is 0 Å². The van der Waals surface area contributed by atoms with Gasteiger partial charge in [0.15, 0.2) is 0 Å². The van der Waals surface area contributed by atoms with Gasteiger partial charge in [0.1, 0.15) is 0 Å². The fraction of sp³-hybridized carbons (Fsp3) is 0.120. The van der Waals surface area contributed by atoms with Crippen LogP contribution in [0.2, 0.25) is 0 Å². The topological polar surface area (TPSA) is 0 Å². The Balaban J connectivity index is 1.29. The van der Waals surface area contributed by atoms with Crippen LogP contribution in [-0.4, -0.2) is 0 Å². The van der Waals surface area contributed by atoms with Crippen molar-refractivity contribution in [1.29, 1.82) is 0 Å². The first kappa shape index (κ1) is 29.2. The summed E-state index contributed by atoms with van der Waals surface area (Å²) in [5.74, 6) is 0. The van der Waals surface area contributed by atoms with Gasteiger partial charge in [-0.05, 0) is 130 Å². The number of rotatable bonds is 3. The molecule has 238 valence electrons. The Morgan fingerprint density at radius 1 is 0.300 bits per heavy atom. The lowest BCUT2D eigenvalue weighted by Crippen LogP contribution is -2.15. The van der Waals surface area contributed by atoms with E-state index in [2.05, 4.69) is 185 Å². The quantitative estimate of drug-likeness (QED) is 0.169. The van der Waals surface area contributed by atoms with E-state index in [0.29, 0.717) is 0 Å². The van der Waals surface area contributed by atoms with Gasteiger partial charge < -0.3 is 0 Å². The molecular weight excluding hydrogens is 601 g/mol. The van der Waals surface area contributed by atoms with Crippen molar-refractivity contribution >= 4 is 21.5 Å². The third kappa shape index (κ3) is 4.06. The predicted octanol–water partition coefficient (Wildman–Crippen LogP) is 13.6. The zero-order valence-electron chi connectivity index (χ0n) is 29.0. The SMILES string of the molecule is CC1(C)c2ccccc2-c2ccc(-c3cc(-c4ccccc4)c(-c4ccc5c(c4)C(C)(C)c4ccccc4-5)c4cc5ccccc5cc34)cc21. The average molecular weight is 639 g/mol. The lowest BCUT2D eigenvalue weighted by Gasteiger charge is -2.24. The zero-order valence-corrected chi connectivity index (χ0v) is 29.0. The monoisotopic (exact) mass is 638 g/mol. The standard InChI is InChI=1S/C50H38/c1-49(2)44-20-12-10-18-36(44)38-24-22-34(28-46(38)49)40-30-41(31-14-6-5-7-15-31)48(43-27-33-17-9-8-16-32(33)26-42(40)43)35-23-25-39-37-19-11-13-21-45(37)50(3,4)47(39)29-35/h5-30H,1-4H3. The van der Waals surface area contributed by atoms with Crippen molar-refractivity contribution in [3.8, 4) is 55.6 Å². The molecule has 50 heavy (non-hydrogen) atoms. The molecule has 0 unspecified atom stereocenters.